The number of methoxy groups -OCH3 is 1. The molecule has 2 nitrogen and oxygen atoms in total. The third-order valence-electron chi connectivity index (χ3n) is 3.38. The molecule has 0 heterocycles. The van der Waals surface area contributed by atoms with Crippen molar-refractivity contribution in [2.24, 2.45) is 0 Å². The Kier molecular flexibility index (Phi) is 3.79. The number of aryl methyl sites for hydroxylation is 4. The summed E-state index contributed by atoms with van der Waals surface area (Å²) in [5, 5.41) is 3.53. The van der Waals surface area contributed by atoms with E-state index in [1.54, 1.807) is 7.11 Å². The minimum absolute atomic E-state index is 0.871. The number of benzene rings is 2. The lowest BCUT2D eigenvalue weighted by molar-refractivity contribution is 0.415. The van der Waals surface area contributed by atoms with Gasteiger partial charge in [-0.15, -0.1) is 0 Å². The van der Waals surface area contributed by atoms with Gasteiger partial charge in [0.05, 0.1) is 7.11 Å². The van der Waals surface area contributed by atoms with Crippen LogP contribution >= 0.6 is 0 Å². The molecular formula is C17H21NO. The number of hydrogen-bond acceptors (Lipinski definition) is 2. The minimum Gasteiger partial charge on any atom is -0.497 e. The molecular weight excluding hydrogens is 234 g/mol. The maximum absolute atomic E-state index is 5.29. The predicted octanol–water partition coefficient (Wildman–Crippen LogP) is 4.67. The first-order valence-electron chi connectivity index (χ1n) is 6.51. The van der Waals surface area contributed by atoms with Crippen molar-refractivity contribution in [2.75, 3.05) is 12.4 Å². The molecule has 0 aromatic heterocycles. The van der Waals surface area contributed by atoms with Crippen molar-refractivity contribution in [1.29, 1.82) is 0 Å². The average Bonchev–Trinajstić information content (AvgIpc) is 2.35. The van der Waals surface area contributed by atoms with Crippen molar-refractivity contribution in [3.8, 4) is 5.75 Å². The molecule has 2 aromatic rings. The van der Waals surface area contributed by atoms with E-state index < -0.39 is 0 Å². The van der Waals surface area contributed by atoms with E-state index in [0.717, 1.165) is 11.4 Å². The Morgan fingerprint density at radius 3 is 2.05 bits per heavy atom. The minimum atomic E-state index is 0.871. The molecule has 2 heteroatoms. The number of anilines is 2. The van der Waals surface area contributed by atoms with Gasteiger partial charge in [0.1, 0.15) is 5.75 Å². The van der Waals surface area contributed by atoms with Crippen molar-refractivity contribution in [3.63, 3.8) is 0 Å². The van der Waals surface area contributed by atoms with Gasteiger partial charge in [0.2, 0.25) is 0 Å². The van der Waals surface area contributed by atoms with Crippen molar-refractivity contribution in [3.05, 3.63) is 52.6 Å². The van der Waals surface area contributed by atoms with Gasteiger partial charge < -0.3 is 10.1 Å². The fraction of sp³-hybridized carbons (Fsp3) is 0.294. The molecule has 0 atom stereocenters. The van der Waals surface area contributed by atoms with E-state index >= 15 is 0 Å². The molecule has 19 heavy (non-hydrogen) atoms. The first kappa shape index (κ1) is 13.5. The van der Waals surface area contributed by atoms with Crippen LogP contribution in [0.1, 0.15) is 22.3 Å². The summed E-state index contributed by atoms with van der Waals surface area (Å²) >= 11 is 0. The number of nitrogens with one attached hydrogen (secondary N) is 1. The van der Waals surface area contributed by atoms with Crippen LogP contribution in [0.15, 0.2) is 30.3 Å². The van der Waals surface area contributed by atoms with Crippen molar-refractivity contribution < 1.29 is 4.74 Å². The molecule has 2 aromatic carbocycles. The van der Waals surface area contributed by atoms with Crippen LogP contribution in [0.5, 0.6) is 5.75 Å². The molecule has 0 saturated heterocycles. The maximum atomic E-state index is 5.29. The third-order valence-corrected chi connectivity index (χ3v) is 3.38. The molecule has 0 aliphatic rings. The van der Waals surface area contributed by atoms with Crippen LogP contribution < -0.4 is 10.1 Å². The third kappa shape index (κ3) is 2.90. The topological polar surface area (TPSA) is 21.3 Å². The van der Waals surface area contributed by atoms with E-state index in [1.807, 2.05) is 12.1 Å². The monoisotopic (exact) mass is 255 g/mol. The molecule has 0 amide bonds. The van der Waals surface area contributed by atoms with Crippen molar-refractivity contribution in [1.82, 2.24) is 0 Å². The Morgan fingerprint density at radius 2 is 1.47 bits per heavy atom. The lowest BCUT2D eigenvalue weighted by atomic mass is 10.0. The highest BCUT2D eigenvalue weighted by atomic mass is 16.5. The second kappa shape index (κ2) is 5.35. The molecule has 0 bridgehead atoms. The van der Waals surface area contributed by atoms with Gasteiger partial charge in [0.15, 0.2) is 0 Å². The number of ether oxygens (including phenoxy) is 1. The molecule has 0 saturated carbocycles. The van der Waals surface area contributed by atoms with E-state index in [-0.39, 0.29) is 0 Å². The van der Waals surface area contributed by atoms with Gasteiger partial charge in [-0.2, -0.15) is 0 Å². The summed E-state index contributed by atoms with van der Waals surface area (Å²) in [5.74, 6) is 0.871. The van der Waals surface area contributed by atoms with Crippen LogP contribution in [0.25, 0.3) is 0 Å². The first-order chi connectivity index (χ1) is 9.01. The standard InChI is InChI=1S/C17H21NO/c1-11-8-13(3)17(14(4)9-11)18-16-10-15(19-5)7-6-12(16)2/h6-10,18H,1-5H3. The highest BCUT2D eigenvalue weighted by molar-refractivity contribution is 5.70. The molecule has 0 aliphatic heterocycles. The summed E-state index contributed by atoms with van der Waals surface area (Å²) in [6, 6.07) is 10.5. The summed E-state index contributed by atoms with van der Waals surface area (Å²) in [4.78, 5) is 0. The molecule has 0 unspecified atom stereocenters. The van der Waals surface area contributed by atoms with Crippen LogP contribution in [-0.2, 0) is 0 Å². The van der Waals surface area contributed by atoms with Gasteiger partial charge >= 0.3 is 0 Å². The molecule has 1 N–H and O–H groups in total. The Bertz CT molecular complexity index is 579. The quantitative estimate of drug-likeness (QED) is 0.860. The number of hydrogen-bond donors (Lipinski definition) is 1. The van der Waals surface area contributed by atoms with Gasteiger partial charge in [-0.1, -0.05) is 23.8 Å². The van der Waals surface area contributed by atoms with Crippen LogP contribution in [0.3, 0.4) is 0 Å². The highest BCUT2D eigenvalue weighted by Crippen LogP contribution is 2.29. The summed E-state index contributed by atoms with van der Waals surface area (Å²) < 4.78 is 5.29. The molecule has 2 rings (SSSR count). The van der Waals surface area contributed by atoms with Crippen LogP contribution in [0.4, 0.5) is 11.4 Å². The Morgan fingerprint density at radius 1 is 0.842 bits per heavy atom. The molecule has 0 spiro atoms. The van der Waals surface area contributed by atoms with Gasteiger partial charge in [-0.3, -0.25) is 0 Å². The second-order valence-electron chi connectivity index (χ2n) is 5.08. The fourth-order valence-corrected chi connectivity index (χ4v) is 2.37. The summed E-state index contributed by atoms with van der Waals surface area (Å²) in [6.45, 7) is 8.50. The SMILES string of the molecule is COc1ccc(C)c(Nc2c(C)cc(C)cc2C)c1. The Hall–Kier alpha value is -1.96. The van der Waals surface area contributed by atoms with Crippen molar-refractivity contribution >= 4 is 11.4 Å². The van der Waals surface area contributed by atoms with E-state index in [2.05, 4.69) is 51.2 Å². The molecule has 0 radical (unpaired) electrons. The highest BCUT2D eigenvalue weighted by Gasteiger charge is 2.07. The zero-order valence-corrected chi connectivity index (χ0v) is 12.3. The smallest absolute Gasteiger partial charge is 0.120 e. The Balaban J connectivity index is 2.41. The fourth-order valence-electron chi connectivity index (χ4n) is 2.37. The van der Waals surface area contributed by atoms with E-state index in [9.17, 15) is 0 Å². The average molecular weight is 255 g/mol. The Labute approximate surface area is 115 Å². The lowest BCUT2D eigenvalue weighted by Gasteiger charge is -2.16. The van der Waals surface area contributed by atoms with Gasteiger partial charge in [0, 0.05) is 17.4 Å². The van der Waals surface area contributed by atoms with Gasteiger partial charge in [-0.25, -0.2) is 0 Å². The summed E-state index contributed by atoms with van der Waals surface area (Å²) in [7, 11) is 1.69. The molecule has 0 fully saturated rings. The zero-order valence-electron chi connectivity index (χ0n) is 12.3. The van der Waals surface area contributed by atoms with E-state index in [4.69, 9.17) is 4.74 Å². The normalized spacial score (nSPS) is 10.4. The van der Waals surface area contributed by atoms with E-state index in [0.29, 0.717) is 0 Å². The zero-order chi connectivity index (χ0) is 14.0. The van der Waals surface area contributed by atoms with Gasteiger partial charge in [-0.05, 0) is 50.5 Å². The van der Waals surface area contributed by atoms with Gasteiger partial charge in [0.25, 0.3) is 0 Å². The predicted molar refractivity (Wildman–Crippen MR) is 81.7 cm³/mol. The van der Waals surface area contributed by atoms with E-state index in [1.165, 1.54) is 27.9 Å². The summed E-state index contributed by atoms with van der Waals surface area (Å²) in [6.07, 6.45) is 0. The molecule has 100 valence electrons. The first-order valence-corrected chi connectivity index (χ1v) is 6.51. The largest absolute Gasteiger partial charge is 0.497 e. The van der Waals surface area contributed by atoms with Crippen LogP contribution in [-0.4, -0.2) is 7.11 Å². The van der Waals surface area contributed by atoms with Crippen LogP contribution in [0, 0.1) is 27.7 Å². The van der Waals surface area contributed by atoms with Crippen molar-refractivity contribution in [2.45, 2.75) is 27.7 Å². The summed E-state index contributed by atoms with van der Waals surface area (Å²) in [5.41, 5.74) is 7.30. The number of rotatable bonds is 3. The second-order valence-corrected chi connectivity index (χ2v) is 5.08. The van der Waals surface area contributed by atoms with Crippen LogP contribution in [0.2, 0.25) is 0 Å². The maximum Gasteiger partial charge on any atom is 0.120 e. The molecule has 0 aliphatic carbocycles. The lowest BCUT2D eigenvalue weighted by Crippen LogP contribution is -1.99.